The molecular formula is C11H15ClN4. The van der Waals surface area contributed by atoms with Crippen molar-refractivity contribution in [2.45, 2.75) is 18.9 Å². The smallest absolute Gasteiger partial charge is 0.151 e. The summed E-state index contributed by atoms with van der Waals surface area (Å²) in [5, 5.41) is 15.2. The van der Waals surface area contributed by atoms with Gasteiger partial charge < -0.3 is 10.6 Å². The fourth-order valence-corrected chi connectivity index (χ4v) is 3.01. The highest BCUT2D eigenvalue weighted by Crippen LogP contribution is 2.35. The van der Waals surface area contributed by atoms with Crippen molar-refractivity contribution in [2.24, 2.45) is 11.8 Å². The Morgan fingerprint density at radius 2 is 2.19 bits per heavy atom. The third-order valence-electron chi connectivity index (χ3n) is 3.72. The van der Waals surface area contributed by atoms with Crippen molar-refractivity contribution in [3.8, 4) is 0 Å². The van der Waals surface area contributed by atoms with E-state index in [-0.39, 0.29) is 0 Å². The maximum absolute atomic E-state index is 5.71. The molecule has 2 aliphatic rings. The molecule has 1 aliphatic carbocycles. The third-order valence-corrected chi connectivity index (χ3v) is 3.92. The van der Waals surface area contributed by atoms with Crippen LogP contribution in [0.25, 0.3) is 0 Å². The molecule has 5 heteroatoms. The van der Waals surface area contributed by atoms with Crippen LogP contribution in [0, 0.1) is 11.8 Å². The molecule has 3 rings (SSSR count). The monoisotopic (exact) mass is 238 g/mol. The Labute approximate surface area is 99.8 Å². The molecule has 2 heterocycles. The fourth-order valence-electron chi connectivity index (χ4n) is 2.91. The van der Waals surface area contributed by atoms with E-state index in [1.54, 1.807) is 6.07 Å². The van der Waals surface area contributed by atoms with Crippen molar-refractivity contribution in [3.05, 3.63) is 17.3 Å². The Morgan fingerprint density at radius 3 is 3.00 bits per heavy atom. The van der Waals surface area contributed by atoms with Crippen LogP contribution in [0.1, 0.15) is 12.8 Å². The number of halogens is 1. The number of anilines is 1. The summed E-state index contributed by atoms with van der Waals surface area (Å²) in [5.74, 6) is 2.43. The van der Waals surface area contributed by atoms with Gasteiger partial charge in [-0.05, 0) is 43.4 Å². The summed E-state index contributed by atoms with van der Waals surface area (Å²) in [7, 11) is 0. The molecule has 86 valence electrons. The summed E-state index contributed by atoms with van der Waals surface area (Å²) in [6.07, 6.45) is 2.55. The molecule has 16 heavy (non-hydrogen) atoms. The highest BCUT2D eigenvalue weighted by Gasteiger charge is 2.39. The van der Waals surface area contributed by atoms with E-state index in [0.717, 1.165) is 24.2 Å². The molecule has 1 aromatic rings. The van der Waals surface area contributed by atoms with Crippen LogP contribution >= 0.6 is 11.6 Å². The highest BCUT2D eigenvalue weighted by molar-refractivity contribution is 6.29. The van der Waals surface area contributed by atoms with Gasteiger partial charge in [0.15, 0.2) is 5.15 Å². The van der Waals surface area contributed by atoms with E-state index in [9.17, 15) is 0 Å². The average molecular weight is 239 g/mol. The number of nitrogens with one attached hydrogen (secondary N) is 2. The lowest BCUT2D eigenvalue weighted by molar-refractivity contribution is 0.468. The van der Waals surface area contributed by atoms with Crippen molar-refractivity contribution in [2.75, 3.05) is 18.4 Å². The van der Waals surface area contributed by atoms with Gasteiger partial charge in [0, 0.05) is 12.6 Å². The average Bonchev–Trinajstić information content (AvgIpc) is 2.86. The van der Waals surface area contributed by atoms with Crippen LogP contribution in [-0.4, -0.2) is 29.3 Å². The lowest BCUT2D eigenvalue weighted by Gasteiger charge is -2.19. The lowest BCUT2D eigenvalue weighted by Crippen LogP contribution is -2.28. The summed E-state index contributed by atoms with van der Waals surface area (Å²) in [6.45, 7) is 2.30. The third kappa shape index (κ3) is 1.87. The van der Waals surface area contributed by atoms with E-state index in [2.05, 4.69) is 20.8 Å². The first-order chi connectivity index (χ1) is 7.83. The normalized spacial score (nSPS) is 32.7. The first-order valence-electron chi connectivity index (χ1n) is 5.79. The first-order valence-corrected chi connectivity index (χ1v) is 6.17. The number of aromatic nitrogens is 2. The molecule has 1 aliphatic heterocycles. The summed E-state index contributed by atoms with van der Waals surface area (Å²) in [6, 6.07) is 4.21. The van der Waals surface area contributed by atoms with Crippen LogP contribution in [0.2, 0.25) is 5.15 Å². The van der Waals surface area contributed by atoms with E-state index in [1.165, 1.54) is 19.4 Å². The summed E-state index contributed by atoms with van der Waals surface area (Å²) in [4.78, 5) is 0. The Hall–Kier alpha value is -0.870. The summed E-state index contributed by atoms with van der Waals surface area (Å²) < 4.78 is 0. The van der Waals surface area contributed by atoms with Gasteiger partial charge in [0.2, 0.25) is 0 Å². The summed E-state index contributed by atoms with van der Waals surface area (Å²) >= 11 is 5.71. The van der Waals surface area contributed by atoms with E-state index in [1.807, 2.05) is 6.07 Å². The molecule has 0 amide bonds. The number of rotatable bonds is 2. The van der Waals surface area contributed by atoms with Crippen molar-refractivity contribution in [1.82, 2.24) is 15.5 Å². The quantitative estimate of drug-likeness (QED) is 0.821. The second kappa shape index (κ2) is 4.18. The van der Waals surface area contributed by atoms with Gasteiger partial charge in [0.25, 0.3) is 0 Å². The number of hydrogen-bond acceptors (Lipinski definition) is 4. The molecule has 3 atom stereocenters. The molecular weight excluding hydrogens is 224 g/mol. The van der Waals surface area contributed by atoms with E-state index in [4.69, 9.17) is 11.6 Å². The van der Waals surface area contributed by atoms with E-state index in [0.29, 0.717) is 11.2 Å². The number of nitrogens with zero attached hydrogens (tertiary/aromatic N) is 2. The van der Waals surface area contributed by atoms with Crippen LogP contribution in [-0.2, 0) is 0 Å². The Bertz CT molecular complexity index is 367. The Kier molecular flexibility index (Phi) is 2.69. The largest absolute Gasteiger partial charge is 0.366 e. The van der Waals surface area contributed by atoms with Crippen molar-refractivity contribution < 1.29 is 0 Å². The van der Waals surface area contributed by atoms with Crippen LogP contribution in [0.5, 0.6) is 0 Å². The predicted octanol–water partition coefficient (Wildman–Crippen LogP) is 1.54. The van der Waals surface area contributed by atoms with E-state index >= 15 is 0 Å². The second-order valence-electron chi connectivity index (χ2n) is 4.65. The minimum atomic E-state index is 0.442. The summed E-state index contributed by atoms with van der Waals surface area (Å²) in [5.41, 5.74) is 0. The molecule has 4 nitrogen and oxygen atoms in total. The highest BCUT2D eigenvalue weighted by atomic mass is 35.5. The van der Waals surface area contributed by atoms with Crippen LogP contribution in [0.4, 0.5) is 5.82 Å². The minimum Gasteiger partial charge on any atom is -0.366 e. The zero-order valence-electron chi connectivity index (χ0n) is 8.99. The lowest BCUT2D eigenvalue weighted by atomic mass is 9.98. The molecule has 2 fully saturated rings. The van der Waals surface area contributed by atoms with Crippen molar-refractivity contribution in [1.29, 1.82) is 0 Å². The van der Waals surface area contributed by atoms with Gasteiger partial charge >= 0.3 is 0 Å². The molecule has 0 aromatic carbocycles. The van der Waals surface area contributed by atoms with Crippen LogP contribution in [0.15, 0.2) is 12.1 Å². The SMILES string of the molecule is Clc1ccc(NC2CCC3CNCC32)nn1. The molecule has 1 aromatic heterocycles. The first kappa shape index (κ1) is 10.3. The maximum atomic E-state index is 5.71. The fraction of sp³-hybridized carbons (Fsp3) is 0.636. The van der Waals surface area contributed by atoms with Gasteiger partial charge in [-0.2, -0.15) is 0 Å². The molecule has 1 saturated heterocycles. The topological polar surface area (TPSA) is 49.8 Å². The Balaban J connectivity index is 1.68. The number of fused-ring (bicyclic) bond motifs is 1. The molecule has 0 bridgehead atoms. The zero-order valence-corrected chi connectivity index (χ0v) is 9.74. The van der Waals surface area contributed by atoms with Gasteiger partial charge in [0.1, 0.15) is 5.82 Å². The van der Waals surface area contributed by atoms with Gasteiger partial charge in [-0.25, -0.2) is 0 Å². The van der Waals surface area contributed by atoms with Crippen LogP contribution in [0.3, 0.4) is 0 Å². The molecule has 2 N–H and O–H groups in total. The Morgan fingerprint density at radius 1 is 1.25 bits per heavy atom. The molecule has 0 radical (unpaired) electrons. The number of hydrogen-bond donors (Lipinski definition) is 2. The van der Waals surface area contributed by atoms with Gasteiger partial charge in [-0.15, -0.1) is 10.2 Å². The maximum Gasteiger partial charge on any atom is 0.151 e. The molecule has 3 unspecified atom stereocenters. The second-order valence-corrected chi connectivity index (χ2v) is 5.04. The predicted molar refractivity (Wildman–Crippen MR) is 63.5 cm³/mol. The standard InChI is InChI=1S/C11H15ClN4/c12-10-3-4-11(16-15-10)14-9-2-1-7-5-13-6-8(7)9/h3-4,7-9,13H,1-2,5-6H2,(H,14,16). The molecule has 1 saturated carbocycles. The minimum absolute atomic E-state index is 0.442. The van der Waals surface area contributed by atoms with Crippen LogP contribution < -0.4 is 10.6 Å². The van der Waals surface area contributed by atoms with Crippen molar-refractivity contribution in [3.63, 3.8) is 0 Å². The zero-order chi connectivity index (χ0) is 11.0. The van der Waals surface area contributed by atoms with Gasteiger partial charge in [-0.1, -0.05) is 11.6 Å². The van der Waals surface area contributed by atoms with E-state index < -0.39 is 0 Å². The molecule has 0 spiro atoms. The van der Waals surface area contributed by atoms with Gasteiger partial charge in [0.05, 0.1) is 0 Å². The van der Waals surface area contributed by atoms with Crippen molar-refractivity contribution >= 4 is 17.4 Å². The van der Waals surface area contributed by atoms with Gasteiger partial charge in [-0.3, -0.25) is 0 Å².